The van der Waals surface area contributed by atoms with Crippen molar-refractivity contribution in [2.45, 2.75) is 90.5 Å². The van der Waals surface area contributed by atoms with Crippen LogP contribution in [0.4, 0.5) is 9.59 Å². The van der Waals surface area contributed by atoms with E-state index in [1.807, 2.05) is 0 Å². The predicted molar refractivity (Wildman–Crippen MR) is 116 cm³/mol. The van der Waals surface area contributed by atoms with E-state index in [0.717, 1.165) is 0 Å². The van der Waals surface area contributed by atoms with Crippen LogP contribution >= 0.6 is 0 Å². The summed E-state index contributed by atoms with van der Waals surface area (Å²) in [6, 6.07) is -1.34. The summed E-state index contributed by atoms with van der Waals surface area (Å²) < 4.78 is 10.4. The fourth-order valence-corrected chi connectivity index (χ4v) is 2.34. The van der Waals surface area contributed by atoms with Gasteiger partial charge in [-0.25, -0.2) is 9.59 Å². The number of amides is 4. The molecule has 0 aromatic heterocycles. The largest absolute Gasteiger partial charge is 0.444 e. The number of ether oxygens (including phenoxy) is 2. The first-order chi connectivity index (χ1) is 14.1. The van der Waals surface area contributed by atoms with Gasteiger partial charge in [-0.15, -0.1) is 0 Å². The van der Waals surface area contributed by atoms with Crippen LogP contribution in [0.2, 0.25) is 0 Å². The van der Waals surface area contributed by atoms with Gasteiger partial charge in [0.1, 0.15) is 11.2 Å². The van der Waals surface area contributed by atoms with Crippen molar-refractivity contribution in [1.29, 1.82) is 0 Å². The minimum Gasteiger partial charge on any atom is -0.444 e. The molecule has 0 aromatic rings. The lowest BCUT2D eigenvalue weighted by Gasteiger charge is -2.24. The molecule has 0 aliphatic carbocycles. The van der Waals surface area contributed by atoms with Crippen LogP contribution in [-0.2, 0) is 19.1 Å². The van der Waals surface area contributed by atoms with E-state index in [0.29, 0.717) is 19.4 Å². The summed E-state index contributed by atoms with van der Waals surface area (Å²) in [5.74, 6) is -0.991. The fourth-order valence-electron chi connectivity index (χ4n) is 2.34. The van der Waals surface area contributed by atoms with Gasteiger partial charge < -0.3 is 36.9 Å². The average molecular weight is 446 g/mol. The Labute approximate surface area is 184 Å². The van der Waals surface area contributed by atoms with Crippen LogP contribution in [0.5, 0.6) is 0 Å². The van der Waals surface area contributed by atoms with E-state index < -0.39 is 47.3 Å². The molecule has 0 radical (unpaired) electrons. The van der Waals surface area contributed by atoms with E-state index in [1.54, 1.807) is 41.5 Å². The topological polar surface area (TPSA) is 175 Å². The second kappa shape index (κ2) is 13.0. The van der Waals surface area contributed by atoms with E-state index in [9.17, 15) is 19.2 Å². The highest BCUT2D eigenvalue weighted by molar-refractivity contribution is 5.82. The molecule has 0 unspecified atom stereocenters. The Kier molecular flexibility index (Phi) is 11.9. The molecule has 0 aliphatic rings. The van der Waals surface area contributed by atoms with Gasteiger partial charge in [0.2, 0.25) is 11.8 Å². The maximum atomic E-state index is 12.1. The molecule has 0 spiro atoms. The van der Waals surface area contributed by atoms with Crippen molar-refractivity contribution < 1.29 is 28.7 Å². The third kappa shape index (κ3) is 16.9. The number of rotatable bonds is 11. The number of hydrogen-bond acceptors (Lipinski definition) is 7. The van der Waals surface area contributed by atoms with Gasteiger partial charge in [0, 0.05) is 25.6 Å². The monoisotopic (exact) mass is 445 g/mol. The van der Waals surface area contributed by atoms with E-state index >= 15 is 0 Å². The molecule has 0 saturated heterocycles. The zero-order chi connectivity index (χ0) is 24.2. The standard InChI is InChI=1S/C20H39N5O6/c1-19(2,3)30-17(28)23-11-7-8-13(25-18(29)31-20(4,5)6)12-24-16(27)14(21)9-10-15(22)26/h13-14H,7-12,21H2,1-6H3,(H2,22,26)(H,23,28)(H,24,27)(H,25,29)/t13-,14-/m0/s1. The summed E-state index contributed by atoms with van der Waals surface area (Å²) in [6.07, 6.45) is -0.0482. The van der Waals surface area contributed by atoms with Crippen molar-refractivity contribution in [2.75, 3.05) is 13.1 Å². The molecule has 0 rings (SSSR count). The SMILES string of the molecule is CC(C)(C)OC(=O)NCCC[C@@H](CNC(=O)[C@@H](N)CCC(N)=O)NC(=O)OC(C)(C)C. The van der Waals surface area contributed by atoms with Gasteiger partial charge in [-0.3, -0.25) is 9.59 Å². The lowest BCUT2D eigenvalue weighted by atomic mass is 10.1. The summed E-state index contributed by atoms with van der Waals surface area (Å²) in [7, 11) is 0. The van der Waals surface area contributed by atoms with E-state index in [4.69, 9.17) is 20.9 Å². The third-order valence-corrected chi connectivity index (χ3v) is 3.68. The van der Waals surface area contributed by atoms with Gasteiger partial charge in [-0.2, -0.15) is 0 Å². The van der Waals surface area contributed by atoms with Crippen molar-refractivity contribution in [1.82, 2.24) is 16.0 Å². The van der Waals surface area contributed by atoms with E-state index in [1.165, 1.54) is 0 Å². The molecule has 180 valence electrons. The zero-order valence-corrected chi connectivity index (χ0v) is 19.5. The number of nitrogens with two attached hydrogens (primary N) is 2. The highest BCUT2D eigenvalue weighted by atomic mass is 16.6. The molecular formula is C20H39N5O6. The summed E-state index contributed by atoms with van der Waals surface area (Å²) in [6.45, 7) is 11.0. The first-order valence-corrected chi connectivity index (χ1v) is 10.4. The number of alkyl carbamates (subject to hydrolysis) is 2. The third-order valence-electron chi connectivity index (χ3n) is 3.68. The molecule has 11 heteroatoms. The van der Waals surface area contributed by atoms with Gasteiger partial charge >= 0.3 is 12.2 Å². The minimum absolute atomic E-state index is 0.00447. The lowest BCUT2D eigenvalue weighted by Crippen LogP contribution is -2.49. The Morgan fingerprint density at radius 3 is 1.94 bits per heavy atom. The Balaban J connectivity index is 4.67. The highest BCUT2D eigenvalue weighted by Gasteiger charge is 2.22. The number of carbonyl (C=O) groups is 4. The number of hydrogen-bond donors (Lipinski definition) is 5. The van der Waals surface area contributed by atoms with Crippen LogP contribution < -0.4 is 27.4 Å². The lowest BCUT2D eigenvalue weighted by molar-refractivity contribution is -0.123. The molecule has 0 saturated carbocycles. The first kappa shape index (κ1) is 28.4. The molecule has 2 atom stereocenters. The molecule has 0 bridgehead atoms. The molecule has 4 amide bonds. The van der Waals surface area contributed by atoms with Crippen molar-refractivity contribution in [2.24, 2.45) is 11.5 Å². The van der Waals surface area contributed by atoms with Crippen molar-refractivity contribution in [3.63, 3.8) is 0 Å². The fraction of sp³-hybridized carbons (Fsp3) is 0.800. The Bertz CT molecular complexity index is 612. The number of nitrogens with one attached hydrogen (secondary N) is 3. The molecule has 0 fully saturated rings. The molecule has 7 N–H and O–H groups in total. The van der Waals surface area contributed by atoms with E-state index in [2.05, 4.69) is 16.0 Å². The van der Waals surface area contributed by atoms with Crippen LogP contribution in [0.3, 0.4) is 0 Å². The first-order valence-electron chi connectivity index (χ1n) is 10.4. The molecule has 31 heavy (non-hydrogen) atoms. The molecule has 0 aromatic carbocycles. The van der Waals surface area contributed by atoms with Crippen LogP contribution in [0.15, 0.2) is 0 Å². The summed E-state index contributed by atoms with van der Waals surface area (Å²) >= 11 is 0. The summed E-state index contributed by atoms with van der Waals surface area (Å²) in [4.78, 5) is 46.8. The van der Waals surface area contributed by atoms with Gasteiger partial charge in [0.05, 0.1) is 6.04 Å². The molecule has 11 nitrogen and oxygen atoms in total. The normalized spacial score (nSPS) is 13.5. The van der Waals surface area contributed by atoms with Crippen molar-refractivity contribution in [3.05, 3.63) is 0 Å². The maximum absolute atomic E-state index is 12.1. The maximum Gasteiger partial charge on any atom is 0.407 e. The van der Waals surface area contributed by atoms with Gasteiger partial charge in [0.25, 0.3) is 0 Å². The molecule has 0 heterocycles. The van der Waals surface area contributed by atoms with Gasteiger partial charge in [-0.1, -0.05) is 0 Å². The van der Waals surface area contributed by atoms with Gasteiger partial charge in [0.15, 0.2) is 0 Å². The number of carbonyl (C=O) groups excluding carboxylic acids is 4. The smallest absolute Gasteiger partial charge is 0.407 e. The Hall–Kier alpha value is -2.56. The Morgan fingerprint density at radius 2 is 1.42 bits per heavy atom. The number of primary amides is 1. The van der Waals surface area contributed by atoms with Crippen molar-refractivity contribution in [3.8, 4) is 0 Å². The quantitative estimate of drug-likeness (QED) is 0.293. The predicted octanol–water partition coefficient (Wildman–Crippen LogP) is 0.894. The molecular weight excluding hydrogens is 406 g/mol. The van der Waals surface area contributed by atoms with E-state index in [-0.39, 0.29) is 19.4 Å². The van der Waals surface area contributed by atoms with Crippen LogP contribution in [0.1, 0.15) is 67.2 Å². The molecule has 0 aliphatic heterocycles. The van der Waals surface area contributed by atoms with Crippen molar-refractivity contribution >= 4 is 24.0 Å². The second-order valence-electron chi connectivity index (χ2n) is 9.27. The summed E-state index contributed by atoms with van der Waals surface area (Å²) in [5.41, 5.74) is 9.55. The average Bonchev–Trinajstić information content (AvgIpc) is 2.57. The van der Waals surface area contributed by atoms with Crippen LogP contribution in [0, 0.1) is 0 Å². The zero-order valence-electron chi connectivity index (χ0n) is 19.5. The highest BCUT2D eigenvalue weighted by Crippen LogP contribution is 2.08. The minimum atomic E-state index is -0.886. The Morgan fingerprint density at radius 1 is 0.871 bits per heavy atom. The summed E-state index contributed by atoms with van der Waals surface area (Å²) in [5, 5.41) is 8.01. The van der Waals surface area contributed by atoms with Crippen LogP contribution in [0.25, 0.3) is 0 Å². The van der Waals surface area contributed by atoms with Crippen LogP contribution in [-0.4, -0.2) is 60.4 Å². The second-order valence-corrected chi connectivity index (χ2v) is 9.27. The van der Waals surface area contributed by atoms with Gasteiger partial charge in [-0.05, 0) is 60.8 Å².